The number of carboxylic acids is 1. The summed E-state index contributed by atoms with van der Waals surface area (Å²) in [5, 5.41) is 11.6. The smallest absolute Gasteiger partial charge is 0.332 e. The molecule has 0 aromatic carbocycles. The summed E-state index contributed by atoms with van der Waals surface area (Å²) in [4.78, 5) is 9.93. The van der Waals surface area contributed by atoms with Crippen LogP contribution in [0.1, 0.15) is 9.64 Å². The van der Waals surface area contributed by atoms with Crippen molar-refractivity contribution >= 4 is 5.97 Å². The average molecular weight is 96.1 g/mol. The molecule has 3 nitrogen and oxygen atoms in total. The van der Waals surface area contributed by atoms with Gasteiger partial charge >= 0.3 is 5.97 Å². The van der Waals surface area contributed by atoms with Gasteiger partial charge < -0.3 is 10.2 Å². The maximum atomic E-state index is 9.93. The van der Waals surface area contributed by atoms with Gasteiger partial charge in [-0.05, 0) is 6.90 Å². The highest BCUT2D eigenvalue weighted by Crippen LogP contribution is 1.73. The standard InChI is InChI=1S/C3H6O3/c1-2(4)3(5)6/h2,4H,1H3,(H,5,6)/i1T,2T,4T. The summed E-state index contributed by atoms with van der Waals surface area (Å²) < 4.78 is 19.2. The van der Waals surface area contributed by atoms with E-state index < -0.39 is 18.9 Å². The molecule has 0 saturated heterocycles. The van der Waals surface area contributed by atoms with Gasteiger partial charge in [-0.1, -0.05) is 0 Å². The van der Waals surface area contributed by atoms with E-state index in [9.17, 15) is 4.79 Å². The number of rotatable bonds is 2. The van der Waals surface area contributed by atoms with Gasteiger partial charge in [-0.2, -0.15) is 0 Å². The minimum absolute atomic E-state index is 0.786. The fourth-order valence-corrected chi connectivity index (χ4v) is 0. The molecule has 0 amide bonds. The molecule has 2 N–H and O–H groups in total. The van der Waals surface area contributed by atoms with Gasteiger partial charge in [-0.25, -0.2) is 4.79 Å². The molecule has 1 unspecified atom stereocenters. The highest BCUT2D eigenvalue weighted by atomic mass is 16.4. The fourth-order valence-electron chi connectivity index (χ4n) is 0. The van der Waals surface area contributed by atoms with E-state index in [1.807, 2.05) is 0 Å². The van der Waals surface area contributed by atoms with Gasteiger partial charge in [0.1, 0.15) is 6.08 Å². The lowest BCUT2D eigenvalue weighted by Gasteiger charge is -1.89. The van der Waals surface area contributed by atoms with E-state index in [2.05, 4.69) is 5.11 Å². The Kier molecular flexibility index (Phi) is 0.569. The fraction of sp³-hybridized carbons (Fsp3) is 0.667. The molecule has 0 aliphatic heterocycles. The molecule has 36 valence electrons. The summed E-state index contributed by atoms with van der Waals surface area (Å²) in [6.45, 7) is -0.786. The van der Waals surface area contributed by atoms with Crippen LogP contribution in [0.25, 0.3) is 0 Å². The Morgan fingerprint density at radius 1 is 2.50 bits per heavy atom. The van der Waals surface area contributed by atoms with Gasteiger partial charge in [0.2, 0.25) is 1.43 Å². The number of aliphatic carboxylic acids is 1. The number of aliphatic hydroxyl groups is 1. The van der Waals surface area contributed by atoms with Crippen LogP contribution in [0, 0.1) is 0 Å². The van der Waals surface area contributed by atoms with E-state index in [0.717, 1.165) is 0 Å². The first-order valence-corrected chi connectivity index (χ1v) is 1.24. The summed E-state index contributed by atoms with van der Waals surface area (Å²) in [6, 6.07) is 0. The predicted molar refractivity (Wildman–Crippen MR) is 19.3 cm³/mol. The Morgan fingerprint density at radius 2 is 3.17 bits per heavy atom. The van der Waals surface area contributed by atoms with Crippen molar-refractivity contribution in [2.45, 2.75) is 13.0 Å². The SMILES string of the molecule is [3H]CC([3H])(O[3H])C(=O)O. The van der Waals surface area contributed by atoms with E-state index in [-0.39, 0.29) is 0 Å². The largest absolute Gasteiger partial charge is 0.479 e. The highest BCUT2D eigenvalue weighted by Gasteiger charge is 2.01. The molecular weight excluding hydrogens is 84.0 g/mol. The molecule has 0 radical (unpaired) electrons. The third-order valence-electron chi connectivity index (χ3n) is 0.239. The molecular formula is C3H6O3. The Balaban J connectivity index is 4.09. The average Bonchev–Trinajstić information content (AvgIpc) is 1.86. The van der Waals surface area contributed by atoms with Crippen LogP contribution in [0.4, 0.5) is 0 Å². The van der Waals surface area contributed by atoms with E-state index in [1.54, 1.807) is 0 Å². The summed E-state index contributed by atoms with van der Waals surface area (Å²) in [7, 11) is 0. The van der Waals surface area contributed by atoms with Crippen molar-refractivity contribution in [2.75, 3.05) is 0 Å². The van der Waals surface area contributed by atoms with Crippen LogP contribution in [0.3, 0.4) is 0 Å². The third kappa shape index (κ3) is 1.72. The molecule has 0 heterocycles. The van der Waals surface area contributed by atoms with Gasteiger partial charge in [0, 0.05) is 1.37 Å². The Bertz CT molecular complexity index is 111. The van der Waals surface area contributed by atoms with Crippen LogP contribution in [-0.4, -0.2) is 23.7 Å². The van der Waals surface area contributed by atoms with Crippen LogP contribution in [-0.2, 0) is 4.79 Å². The van der Waals surface area contributed by atoms with Crippen molar-refractivity contribution in [3.05, 3.63) is 0 Å². The first-order chi connectivity index (χ1) is 4.06. The molecule has 6 heavy (non-hydrogen) atoms. The number of hydrogen-bond acceptors (Lipinski definition) is 2. The molecule has 0 aliphatic carbocycles. The lowest BCUT2D eigenvalue weighted by Crippen LogP contribution is -2.13. The van der Waals surface area contributed by atoms with Crippen LogP contribution in [0.2, 0.25) is 0 Å². The molecule has 0 fully saturated rings. The summed E-state index contributed by atoms with van der Waals surface area (Å²) in [5.74, 6) is -1.62. The molecule has 3 heteroatoms. The summed E-state index contributed by atoms with van der Waals surface area (Å²) in [6.07, 6.45) is -2.42. The van der Waals surface area contributed by atoms with Gasteiger partial charge in [-0.3, -0.25) is 0 Å². The molecule has 1 atom stereocenters. The molecule has 0 aromatic heterocycles. The van der Waals surface area contributed by atoms with Crippen LogP contribution < -0.4 is 0 Å². The number of carbonyl (C=O) groups is 1. The minimum Gasteiger partial charge on any atom is -0.479 e. The maximum Gasteiger partial charge on any atom is 0.332 e. The van der Waals surface area contributed by atoms with Crippen LogP contribution >= 0.6 is 0 Å². The molecule has 0 spiro atoms. The molecule has 0 bridgehead atoms. The second-order valence-electron chi connectivity index (χ2n) is 0.728. The maximum absolute atomic E-state index is 9.93. The topological polar surface area (TPSA) is 57.5 Å². The predicted octanol–water partition coefficient (Wildman–Crippen LogP) is -0.548. The zero-order valence-electron chi connectivity index (χ0n) is 5.97. The first-order valence-electron chi connectivity index (χ1n) is 2.85. The van der Waals surface area contributed by atoms with Crippen molar-refractivity contribution in [3.63, 3.8) is 0 Å². The highest BCUT2D eigenvalue weighted by molar-refractivity contribution is 5.71. The first kappa shape index (κ1) is 1.93. The minimum atomic E-state index is -2.42. The molecule has 0 saturated carbocycles. The van der Waals surface area contributed by atoms with Gasteiger partial charge in [0.15, 0.2) is 0 Å². The second kappa shape index (κ2) is 1.77. The van der Waals surface area contributed by atoms with Gasteiger partial charge in [-0.15, -0.1) is 0 Å². The molecule has 0 rings (SSSR count). The molecule has 0 aromatic rings. The lowest BCUT2D eigenvalue weighted by molar-refractivity contribution is -0.145. The number of carboxylic acid groups (broad SMARTS) is 1. The van der Waals surface area contributed by atoms with E-state index in [4.69, 9.17) is 9.28 Å². The van der Waals surface area contributed by atoms with E-state index >= 15 is 0 Å². The summed E-state index contributed by atoms with van der Waals surface area (Å²) >= 11 is 0. The van der Waals surface area contributed by atoms with Crippen molar-refractivity contribution in [3.8, 4) is 0 Å². The summed E-state index contributed by atoms with van der Waals surface area (Å²) in [5.41, 5.74) is 0. The lowest BCUT2D eigenvalue weighted by atomic mass is 10.4. The number of hydrogen-bond donors (Lipinski definition) is 2. The van der Waals surface area contributed by atoms with E-state index in [1.165, 1.54) is 0 Å². The van der Waals surface area contributed by atoms with E-state index in [0.29, 0.717) is 0 Å². The zero-order valence-corrected chi connectivity index (χ0v) is 2.97. The van der Waals surface area contributed by atoms with Crippen LogP contribution in [0.15, 0.2) is 0 Å². The Morgan fingerprint density at radius 3 is 3.17 bits per heavy atom. The van der Waals surface area contributed by atoms with Crippen molar-refractivity contribution in [1.82, 2.24) is 0 Å². The zero-order chi connectivity index (χ0) is 7.49. The van der Waals surface area contributed by atoms with Crippen molar-refractivity contribution in [1.29, 1.82) is 1.43 Å². The van der Waals surface area contributed by atoms with Crippen molar-refractivity contribution < 1.29 is 17.8 Å². The van der Waals surface area contributed by atoms with Crippen LogP contribution in [0.5, 0.6) is 0 Å². The molecule has 0 aliphatic rings. The third-order valence-corrected chi connectivity index (χ3v) is 0.239. The van der Waals surface area contributed by atoms with Gasteiger partial charge in [0.25, 0.3) is 0 Å². The Hall–Kier alpha value is -0.570. The second-order valence-corrected chi connectivity index (χ2v) is 0.728. The van der Waals surface area contributed by atoms with Gasteiger partial charge in [0.05, 0.1) is 1.37 Å². The Labute approximate surface area is 39.5 Å². The van der Waals surface area contributed by atoms with Crippen molar-refractivity contribution in [2.24, 2.45) is 0 Å². The quantitative estimate of drug-likeness (QED) is 0.485. The monoisotopic (exact) mass is 96.1 g/mol. The normalized spacial score (nSPS) is 25.7.